The van der Waals surface area contributed by atoms with Crippen LogP contribution in [0.2, 0.25) is 0 Å². The molecule has 0 fully saturated rings. The maximum Gasteiger partial charge on any atom is 0.313 e. The highest BCUT2D eigenvalue weighted by Gasteiger charge is 2.17. The van der Waals surface area contributed by atoms with Gasteiger partial charge in [0.05, 0.1) is 5.69 Å². The zero-order valence-electron chi connectivity index (χ0n) is 9.05. The first-order valence-electron chi connectivity index (χ1n) is 5.02. The lowest BCUT2D eigenvalue weighted by Gasteiger charge is -2.00. The Balaban J connectivity index is 2.33. The number of rotatable bonds is 3. The molecule has 0 aliphatic carbocycles. The first kappa shape index (κ1) is 11.7. The molecule has 1 unspecified atom stereocenters. The fourth-order valence-electron chi connectivity index (χ4n) is 1.37. The number of carboxylic acids is 1. The predicted octanol–water partition coefficient (Wildman–Crippen LogP) is 3.14. The molecular formula is C12H10FNO2S. The van der Waals surface area contributed by atoms with E-state index in [-0.39, 0.29) is 5.82 Å². The van der Waals surface area contributed by atoms with Gasteiger partial charge in [0, 0.05) is 10.9 Å². The Morgan fingerprint density at radius 2 is 2.29 bits per heavy atom. The van der Waals surface area contributed by atoms with Crippen molar-refractivity contribution in [2.75, 3.05) is 0 Å². The Kier molecular flexibility index (Phi) is 3.19. The standard InChI is InChI=1S/C12H10FNO2S/c1-7(12(15)16)11-14-10(6-17-11)8-3-2-4-9(13)5-8/h2-7H,1H3,(H,15,16). The molecule has 1 atom stereocenters. The number of nitrogens with zero attached hydrogens (tertiary/aromatic N) is 1. The van der Waals surface area contributed by atoms with E-state index >= 15 is 0 Å². The summed E-state index contributed by atoms with van der Waals surface area (Å²) in [6.07, 6.45) is 0. The van der Waals surface area contributed by atoms with E-state index < -0.39 is 11.9 Å². The van der Waals surface area contributed by atoms with E-state index in [0.29, 0.717) is 16.3 Å². The van der Waals surface area contributed by atoms with Crippen LogP contribution in [0, 0.1) is 5.82 Å². The van der Waals surface area contributed by atoms with Crippen LogP contribution in [0.15, 0.2) is 29.6 Å². The summed E-state index contributed by atoms with van der Waals surface area (Å²) in [4.78, 5) is 15.0. The highest BCUT2D eigenvalue weighted by molar-refractivity contribution is 7.10. The molecule has 0 amide bonds. The summed E-state index contributed by atoms with van der Waals surface area (Å²) in [6.45, 7) is 1.58. The summed E-state index contributed by atoms with van der Waals surface area (Å²) < 4.78 is 13.0. The van der Waals surface area contributed by atoms with Crippen molar-refractivity contribution in [2.45, 2.75) is 12.8 Å². The molecule has 1 aromatic carbocycles. The molecule has 0 spiro atoms. The van der Waals surface area contributed by atoms with Gasteiger partial charge >= 0.3 is 5.97 Å². The average molecular weight is 251 g/mol. The van der Waals surface area contributed by atoms with Crippen molar-refractivity contribution >= 4 is 17.3 Å². The topological polar surface area (TPSA) is 50.2 Å². The molecule has 17 heavy (non-hydrogen) atoms. The number of carbonyl (C=O) groups is 1. The summed E-state index contributed by atoms with van der Waals surface area (Å²) in [5.41, 5.74) is 1.27. The Morgan fingerprint density at radius 3 is 2.94 bits per heavy atom. The van der Waals surface area contributed by atoms with E-state index in [4.69, 9.17) is 5.11 Å². The third kappa shape index (κ3) is 2.50. The van der Waals surface area contributed by atoms with Crippen molar-refractivity contribution in [2.24, 2.45) is 0 Å². The van der Waals surface area contributed by atoms with Gasteiger partial charge in [-0.05, 0) is 19.1 Å². The molecule has 1 aromatic heterocycles. The maximum atomic E-state index is 13.0. The predicted molar refractivity (Wildman–Crippen MR) is 63.6 cm³/mol. The van der Waals surface area contributed by atoms with Gasteiger partial charge in [-0.1, -0.05) is 12.1 Å². The number of benzene rings is 1. The van der Waals surface area contributed by atoms with Gasteiger partial charge in [-0.25, -0.2) is 9.37 Å². The van der Waals surface area contributed by atoms with E-state index in [1.807, 2.05) is 0 Å². The monoisotopic (exact) mass is 251 g/mol. The molecule has 2 aromatic rings. The van der Waals surface area contributed by atoms with E-state index in [1.165, 1.54) is 23.5 Å². The minimum atomic E-state index is -0.912. The second-order valence-corrected chi connectivity index (χ2v) is 4.53. The van der Waals surface area contributed by atoms with Crippen molar-refractivity contribution in [3.63, 3.8) is 0 Å². The van der Waals surface area contributed by atoms with Gasteiger partial charge in [0.2, 0.25) is 0 Å². The van der Waals surface area contributed by atoms with Gasteiger partial charge in [0.1, 0.15) is 16.7 Å². The first-order chi connectivity index (χ1) is 8.08. The molecule has 0 aliphatic heterocycles. The molecule has 0 saturated heterocycles. The van der Waals surface area contributed by atoms with Crippen LogP contribution in [-0.2, 0) is 4.79 Å². The molecule has 1 heterocycles. The van der Waals surface area contributed by atoms with Crippen LogP contribution in [0.4, 0.5) is 4.39 Å². The average Bonchev–Trinajstić information content (AvgIpc) is 2.77. The summed E-state index contributed by atoms with van der Waals surface area (Å²) in [5.74, 6) is -1.88. The van der Waals surface area contributed by atoms with Gasteiger partial charge in [0.15, 0.2) is 0 Å². The summed E-state index contributed by atoms with van der Waals surface area (Å²) >= 11 is 1.27. The molecule has 2 rings (SSSR count). The Morgan fingerprint density at radius 1 is 1.53 bits per heavy atom. The van der Waals surface area contributed by atoms with E-state index in [1.54, 1.807) is 24.4 Å². The fraction of sp³-hybridized carbons (Fsp3) is 0.167. The van der Waals surface area contributed by atoms with E-state index in [9.17, 15) is 9.18 Å². The van der Waals surface area contributed by atoms with Gasteiger partial charge < -0.3 is 5.11 Å². The third-order valence-corrected chi connectivity index (χ3v) is 3.41. The SMILES string of the molecule is CC(C(=O)O)c1nc(-c2cccc(F)c2)cs1. The van der Waals surface area contributed by atoms with Crippen LogP contribution in [0.3, 0.4) is 0 Å². The van der Waals surface area contributed by atoms with Crippen molar-refractivity contribution in [1.82, 2.24) is 4.98 Å². The number of halogens is 1. The highest BCUT2D eigenvalue weighted by Crippen LogP contribution is 2.26. The number of aliphatic carboxylic acids is 1. The van der Waals surface area contributed by atoms with Gasteiger partial charge in [0.25, 0.3) is 0 Å². The van der Waals surface area contributed by atoms with Crippen LogP contribution in [0.5, 0.6) is 0 Å². The van der Waals surface area contributed by atoms with E-state index in [0.717, 1.165) is 0 Å². The molecule has 88 valence electrons. The zero-order chi connectivity index (χ0) is 12.4. The molecule has 0 radical (unpaired) electrons. The van der Waals surface area contributed by atoms with E-state index in [2.05, 4.69) is 4.98 Å². The Bertz CT molecular complexity index is 553. The number of hydrogen-bond donors (Lipinski definition) is 1. The van der Waals surface area contributed by atoms with Crippen molar-refractivity contribution in [3.05, 3.63) is 40.5 Å². The lowest BCUT2D eigenvalue weighted by atomic mass is 10.1. The second kappa shape index (κ2) is 4.63. The van der Waals surface area contributed by atoms with Crippen molar-refractivity contribution < 1.29 is 14.3 Å². The molecule has 1 N–H and O–H groups in total. The molecule has 0 saturated carbocycles. The number of thiazole rings is 1. The molecular weight excluding hydrogens is 241 g/mol. The lowest BCUT2D eigenvalue weighted by Crippen LogP contribution is -2.06. The van der Waals surface area contributed by atoms with Crippen LogP contribution in [0.25, 0.3) is 11.3 Å². The number of hydrogen-bond acceptors (Lipinski definition) is 3. The minimum absolute atomic E-state index is 0.330. The molecule has 0 bridgehead atoms. The summed E-state index contributed by atoms with van der Waals surface area (Å²) in [7, 11) is 0. The first-order valence-corrected chi connectivity index (χ1v) is 5.90. The Labute approximate surface area is 102 Å². The van der Waals surface area contributed by atoms with Gasteiger partial charge in [-0.2, -0.15) is 0 Å². The lowest BCUT2D eigenvalue weighted by molar-refractivity contribution is -0.138. The fourth-order valence-corrected chi connectivity index (χ4v) is 2.25. The summed E-state index contributed by atoms with van der Waals surface area (Å²) in [5, 5.41) is 11.1. The largest absolute Gasteiger partial charge is 0.481 e. The number of carboxylic acid groups (broad SMARTS) is 1. The highest BCUT2D eigenvalue weighted by atomic mass is 32.1. The molecule has 0 aliphatic rings. The Hall–Kier alpha value is -1.75. The minimum Gasteiger partial charge on any atom is -0.481 e. The van der Waals surface area contributed by atoms with Gasteiger partial charge in [-0.3, -0.25) is 4.79 Å². The van der Waals surface area contributed by atoms with Crippen molar-refractivity contribution in [3.8, 4) is 11.3 Å². The normalized spacial score (nSPS) is 12.4. The van der Waals surface area contributed by atoms with Gasteiger partial charge in [-0.15, -0.1) is 11.3 Å². The second-order valence-electron chi connectivity index (χ2n) is 3.64. The molecule has 5 heteroatoms. The number of aromatic nitrogens is 1. The zero-order valence-corrected chi connectivity index (χ0v) is 9.87. The smallest absolute Gasteiger partial charge is 0.313 e. The van der Waals surface area contributed by atoms with Crippen LogP contribution < -0.4 is 0 Å². The quantitative estimate of drug-likeness (QED) is 0.911. The summed E-state index contributed by atoms with van der Waals surface area (Å²) in [6, 6.07) is 6.08. The maximum absolute atomic E-state index is 13.0. The van der Waals surface area contributed by atoms with Crippen LogP contribution in [0.1, 0.15) is 17.8 Å². The van der Waals surface area contributed by atoms with Crippen LogP contribution in [-0.4, -0.2) is 16.1 Å². The van der Waals surface area contributed by atoms with Crippen molar-refractivity contribution in [1.29, 1.82) is 0 Å². The molecule has 3 nitrogen and oxygen atoms in total. The third-order valence-electron chi connectivity index (χ3n) is 2.38. The van der Waals surface area contributed by atoms with Crippen LogP contribution >= 0.6 is 11.3 Å².